The van der Waals surface area contributed by atoms with Crippen molar-refractivity contribution in [3.05, 3.63) is 56.9 Å². The average molecular weight is 445 g/mol. The lowest BCUT2D eigenvalue weighted by atomic mass is 9.84. The Kier molecular flexibility index (Phi) is 4.55. The summed E-state index contributed by atoms with van der Waals surface area (Å²) >= 11 is 3.52. The number of hydrogen-bond donors (Lipinski definition) is 0. The molecule has 0 spiro atoms. The monoisotopic (exact) mass is 444 g/mol. The Morgan fingerprint density at radius 2 is 2.11 bits per heavy atom. The summed E-state index contributed by atoms with van der Waals surface area (Å²) < 4.78 is 22.9. The van der Waals surface area contributed by atoms with Crippen LogP contribution in [0.25, 0.3) is 0 Å². The van der Waals surface area contributed by atoms with E-state index in [9.17, 15) is 10.1 Å². The highest BCUT2D eigenvalue weighted by Gasteiger charge is 2.43. The van der Waals surface area contributed by atoms with Gasteiger partial charge in [-0.05, 0) is 52.2 Å². The molecule has 0 saturated heterocycles. The number of carbonyl (C=O) groups excluding carboxylic acids is 1. The van der Waals surface area contributed by atoms with Crippen LogP contribution in [0, 0.1) is 11.5 Å². The number of carbonyl (C=O) groups is 1. The Hall–Kier alpha value is -2.92. The van der Waals surface area contributed by atoms with Crippen LogP contribution in [-0.2, 0) is 14.3 Å². The SMILES string of the molecule is COc1cc(C2C=C3C=C(C)C(=O)OC3C3=C2N(C#N)CO3)cc(Br)c1OC. The second-order valence-electron chi connectivity index (χ2n) is 6.55. The van der Waals surface area contributed by atoms with Gasteiger partial charge in [0.15, 0.2) is 36.3 Å². The summed E-state index contributed by atoms with van der Waals surface area (Å²) in [6, 6.07) is 3.79. The van der Waals surface area contributed by atoms with Crippen molar-refractivity contribution >= 4 is 21.9 Å². The molecule has 2 heterocycles. The van der Waals surface area contributed by atoms with Crippen LogP contribution in [0.3, 0.4) is 0 Å². The number of methoxy groups -OCH3 is 2. The fourth-order valence-electron chi connectivity index (χ4n) is 3.66. The highest BCUT2D eigenvalue weighted by molar-refractivity contribution is 9.10. The van der Waals surface area contributed by atoms with Crippen molar-refractivity contribution in [1.82, 2.24) is 4.90 Å². The van der Waals surface area contributed by atoms with Crippen molar-refractivity contribution in [2.75, 3.05) is 21.0 Å². The third kappa shape index (κ3) is 2.74. The maximum atomic E-state index is 12.0. The third-order valence-electron chi connectivity index (χ3n) is 4.95. The lowest BCUT2D eigenvalue weighted by Gasteiger charge is -2.31. The number of fused-ring (bicyclic) bond motifs is 2. The Bertz CT molecular complexity index is 1000. The van der Waals surface area contributed by atoms with Gasteiger partial charge in [-0.25, -0.2) is 9.69 Å². The van der Waals surface area contributed by atoms with E-state index in [-0.39, 0.29) is 18.6 Å². The molecule has 0 N–H and O–H groups in total. The second kappa shape index (κ2) is 6.91. The van der Waals surface area contributed by atoms with Crippen LogP contribution in [0.15, 0.2) is 51.4 Å². The Morgan fingerprint density at radius 1 is 1.32 bits per heavy atom. The molecule has 3 aliphatic rings. The summed E-state index contributed by atoms with van der Waals surface area (Å²) in [5.41, 5.74) is 2.90. The van der Waals surface area contributed by atoms with Gasteiger partial charge >= 0.3 is 5.97 Å². The summed E-state index contributed by atoms with van der Waals surface area (Å²) in [6.07, 6.45) is 5.31. The number of rotatable bonds is 3. The number of benzene rings is 1. The van der Waals surface area contributed by atoms with Crippen LogP contribution in [0.4, 0.5) is 0 Å². The highest BCUT2D eigenvalue weighted by Crippen LogP contribution is 2.47. The third-order valence-corrected chi connectivity index (χ3v) is 5.54. The molecule has 0 saturated carbocycles. The van der Waals surface area contributed by atoms with E-state index < -0.39 is 6.10 Å². The zero-order valence-electron chi connectivity index (χ0n) is 15.5. The minimum Gasteiger partial charge on any atom is -0.493 e. The van der Waals surface area contributed by atoms with Crippen molar-refractivity contribution in [2.45, 2.75) is 18.9 Å². The smallest absolute Gasteiger partial charge is 0.334 e. The van der Waals surface area contributed by atoms with Crippen molar-refractivity contribution < 1.29 is 23.7 Å². The van der Waals surface area contributed by atoms with E-state index in [1.807, 2.05) is 24.3 Å². The standard InChI is InChI=1S/C20H17BrN2O5/c1-10-4-12-5-13(11-6-14(21)18(26-3)15(7-11)25-2)16-19(17(12)28-20(10)24)27-9-23(16)8-22/h4-7,13,17H,9H2,1-3H3. The number of allylic oxidation sites excluding steroid dienone is 1. The highest BCUT2D eigenvalue weighted by atomic mass is 79.9. The second-order valence-corrected chi connectivity index (χ2v) is 7.40. The first-order chi connectivity index (χ1) is 13.5. The molecule has 0 fully saturated rings. The van der Waals surface area contributed by atoms with Crippen molar-refractivity contribution in [3.8, 4) is 17.7 Å². The Morgan fingerprint density at radius 3 is 2.79 bits per heavy atom. The lowest BCUT2D eigenvalue weighted by Crippen LogP contribution is -2.31. The lowest BCUT2D eigenvalue weighted by molar-refractivity contribution is -0.143. The molecule has 0 radical (unpaired) electrons. The number of halogens is 1. The summed E-state index contributed by atoms with van der Waals surface area (Å²) in [5.74, 6) is 0.982. The molecule has 2 atom stereocenters. The largest absolute Gasteiger partial charge is 0.493 e. The van der Waals surface area contributed by atoms with E-state index in [1.165, 1.54) is 4.90 Å². The molecule has 1 aromatic carbocycles. The van der Waals surface area contributed by atoms with E-state index in [1.54, 1.807) is 21.1 Å². The topological polar surface area (TPSA) is 81.0 Å². The summed E-state index contributed by atoms with van der Waals surface area (Å²) in [7, 11) is 3.14. The van der Waals surface area contributed by atoms with Crippen molar-refractivity contribution in [3.63, 3.8) is 0 Å². The number of nitrogens with zero attached hydrogens (tertiary/aromatic N) is 2. The molecule has 1 aliphatic carbocycles. The molecular formula is C20H17BrN2O5. The van der Waals surface area contributed by atoms with E-state index in [0.717, 1.165) is 15.6 Å². The van der Waals surface area contributed by atoms with Crippen LogP contribution in [0.1, 0.15) is 18.4 Å². The fourth-order valence-corrected chi connectivity index (χ4v) is 4.28. The Labute approximate surface area is 170 Å². The maximum Gasteiger partial charge on any atom is 0.334 e. The average Bonchev–Trinajstić information content (AvgIpc) is 3.12. The van der Waals surface area contributed by atoms with Crippen molar-refractivity contribution in [1.29, 1.82) is 5.26 Å². The first kappa shape index (κ1) is 18.4. The van der Waals surface area contributed by atoms with Crippen LogP contribution < -0.4 is 9.47 Å². The van der Waals surface area contributed by atoms with E-state index >= 15 is 0 Å². The summed E-state index contributed by atoms with van der Waals surface area (Å²) in [4.78, 5) is 13.5. The van der Waals surface area contributed by atoms with Gasteiger partial charge in [0, 0.05) is 11.5 Å². The molecule has 0 amide bonds. The van der Waals surface area contributed by atoms with Crippen LogP contribution in [0.5, 0.6) is 11.5 Å². The minimum atomic E-state index is -0.635. The molecule has 2 aliphatic heterocycles. The number of nitriles is 1. The molecule has 28 heavy (non-hydrogen) atoms. The predicted molar refractivity (Wildman–Crippen MR) is 102 cm³/mol. The number of esters is 1. The molecule has 8 heteroatoms. The molecular weight excluding hydrogens is 428 g/mol. The van der Waals surface area contributed by atoms with Gasteiger partial charge in [0.2, 0.25) is 0 Å². The normalized spacial score (nSPS) is 23.0. The maximum absolute atomic E-state index is 12.0. The van der Waals surface area contributed by atoms with Gasteiger partial charge in [0.05, 0.1) is 24.4 Å². The van der Waals surface area contributed by atoms with Crippen LogP contribution >= 0.6 is 15.9 Å². The van der Waals surface area contributed by atoms with Gasteiger partial charge < -0.3 is 18.9 Å². The first-order valence-corrected chi connectivity index (χ1v) is 9.34. The molecule has 0 aromatic heterocycles. The fraction of sp³-hybridized carbons (Fsp3) is 0.300. The summed E-state index contributed by atoms with van der Waals surface area (Å²) in [5, 5.41) is 9.56. The van der Waals surface area contributed by atoms with Gasteiger partial charge in [-0.3, -0.25) is 0 Å². The zero-order chi connectivity index (χ0) is 20.0. The van der Waals surface area contributed by atoms with E-state index in [0.29, 0.717) is 28.5 Å². The first-order valence-electron chi connectivity index (χ1n) is 8.55. The predicted octanol–water partition coefficient (Wildman–Crippen LogP) is 3.34. The van der Waals surface area contributed by atoms with Gasteiger partial charge in [-0.1, -0.05) is 6.08 Å². The van der Waals surface area contributed by atoms with Gasteiger partial charge in [0.1, 0.15) is 0 Å². The van der Waals surface area contributed by atoms with E-state index in [2.05, 4.69) is 22.1 Å². The van der Waals surface area contributed by atoms with Gasteiger partial charge in [-0.15, -0.1) is 0 Å². The number of ether oxygens (including phenoxy) is 4. The summed E-state index contributed by atoms with van der Waals surface area (Å²) in [6.45, 7) is 1.80. The minimum absolute atomic E-state index is 0.0873. The molecule has 1 aromatic rings. The molecule has 0 bridgehead atoms. The number of hydrogen-bond acceptors (Lipinski definition) is 7. The van der Waals surface area contributed by atoms with Crippen molar-refractivity contribution in [2.24, 2.45) is 0 Å². The molecule has 4 rings (SSSR count). The molecule has 7 nitrogen and oxygen atoms in total. The van der Waals surface area contributed by atoms with Crippen LogP contribution in [0.2, 0.25) is 0 Å². The molecule has 2 unspecified atom stereocenters. The zero-order valence-corrected chi connectivity index (χ0v) is 17.1. The molecule has 144 valence electrons. The Balaban J connectivity index is 1.89. The van der Waals surface area contributed by atoms with Crippen LogP contribution in [-0.4, -0.2) is 37.9 Å². The van der Waals surface area contributed by atoms with Gasteiger partial charge in [0.25, 0.3) is 0 Å². The van der Waals surface area contributed by atoms with Gasteiger partial charge in [-0.2, -0.15) is 5.26 Å². The van der Waals surface area contributed by atoms with E-state index in [4.69, 9.17) is 18.9 Å². The quantitative estimate of drug-likeness (QED) is 0.522.